The number of oxazole rings is 1. The van der Waals surface area contributed by atoms with Gasteiger partial charge in [0.25, 0.3) is 0 Å². The minimum atomic E-state index is 0.202. The lowest BCUT2D eigenvalue weighted by Gasteiger charge is -2.18. The summed E-state index contributed by atoms with van der Waals surface area (Å²) in [6.45, 7) is 3.43. The number of hydrogen-bond donors (Lipinski definition) is 1. The zero-order chi connectivity index (χ0) is 14.8. The monoisotopic (exact) mass is 287 g/mol. The highest BCUT2D eigenvalue weighted by molar-refractivity contribution is 5.77. The van der Waals surface area contributed by atoms with Gasteiger partial charge in [-0.05, 0) is 30.9 Å². The molecule has 0 aliphatic carbocycles. The van der Waals surface area contributed by atoms with Gasteiger partial charge in [0.2, 0.25) is 11.8 Å². The largest absolute Gasteiger partial charge is 0.439 e. The van der Waals surface area contributed by atoms with Crippen molar-refractivity contribution in [3.8, 4) is 0 Å². The molecular formula is C16H21N3O2. The first kappa shape index (κ1) is 13.9. The van der Waals surface area contributed by atoms with E-state index >= 15 is 0 Å². The third kappa shape index (κ3) is 3.01. The summed E-state index contributed by atoms with van der Waals surface area (Å²) < 4.78 is 5.71. The quantitative estimate of drug-likeness (QED) is 0.881. The molecule has 0 radical (unpaired) electrons. The number of anilines is 1. The van der Waals surface area contributed by atoms with E-state index in [2.05, 4.69) is 11.9 Å². The Morgan fingerprint density at radius 1 is 1.43 bits per heavy atom. The Morgan fingerprint density at radius 3 is 3.10 bits per heavy atom. The molecule has 0 bridgehead atoms. The highest BCUT2D eigenvalue weighted by atomic mass is 16.3. The molecule has 5 nitrogen and oxygen atoms in total. The van der Waals surface area contributed by atoms with Gasteiger partial charge in [0.1, 0.15) is 5.52 Å². The molecule has 1 aromatic carbocycles. The van der Waals surface area contributed by atoms with E-state index in [9.17, 15) is 4.79 Å². The zero-order valence-electron chi connectivity index (χ0n) is 12.3. The van der Waals surface area contributed by atoms with E-state index in [4.69, 9.17) is 10.2 Å². The molecule has 1 saturated heterocycles. The van der Waals surface area contributed by atoms with Crippen molar-refractivity contribution < 1.29 is 9.21 Å². The van der Waals surface area contributed by atoms with E-state index < -0.39 is 0 Å². The number of rotatable bonds is 3. The second kappa shape index (κ2) is 5.76. The minimum absolute atomic E-state index is 0.202. The van der Waals surface area contributed by atoms with E-state index in [0.717, 1.165) is 31.3 Å². The Balaban J connectivity index is 1.76. The van der Waals surface area contributed by atoms with Crippen LogP contribution in [-0.2, 0) is 11.3 Å². The standard InChI is InChI=1S/C16H21N3O2/c1-2-11-3-6-16(20)19(8-7-11)10-15-18-13-5-4-12(17)9-14(13)21-15/h4-5,9,11H,2-3,6-8,10,17H2,1H3. The first-order valence-electron chi connectivity index (χ1n) is 7.58. The lowest BCUT2D eigenvalue weighted by molar-refractivity contribution is -0.131. The summed E-state index contributed by atoms with van der Waals surface area (Å²) in [6, 6.07) is 5.41. The summed E-state index contributed by atoms with van der Waals surface area (Å²) >= 11 is 0. The van der Waals surface area contributed by atoms with E-state index in [1.807, 2.05) is 11.0 Å². The van der Waals surface area contributed by atoms with Gasteiger partial charge in [0.15, 0.2) is 5.58 Å². The molecule has 112 valence electrons. The summed E-state index contributed by atoms with van der Waals surface area (Å²) in [7, 11) is 0. The lowest BCUT2D eigenvalue weighted by atomic mass is 9.98. The predicted octanol–water partition coefficient (Wildman–Crippen LogP) is 2.95. The topological polar surface area (TPSA) is 72.4 Å². The fraction of sp³-hybridized carbons (Fsp3) is 0.500. The van der Waals surface area contributed by atoms with Crippen molar-refractivity contribution in [2.75, 3.05) is 12.3 Å². The molecule has 2 N–H and O–H groups in total. The summed E-state index contributed by atoms with van der Waals surface area (Å²) in [5.41, 5.74) is 7.86. The number of nitrogens with two attached hydrogens (primary N) is 1. The van der Waals surface area contributed by atoms with Crippen LogP contribution in [0.15, 0.2) is 22.6 Å². The maximum atomic E-state index is 12.2. The van der Waals surface area contributed by atoms with Crippen molar-refractivity contribution in [3.63, 3.8) is 0 Å². The van der Waals surface area contributed by atoms with E-state index in [-0.39, 0.29) is 5.91 Å². The average Bonchev–Trinajstić information content (AvgIpc) is 2.78. The summed E-state index contributed by atoms with van der Waals surface area (Å²) in [5, 5.41) is 0. The minimum Gasteiger partial charge on any atom is -0.439 e. The number of fused-ring (bicyclic) bond motifs is 1. The van der Waals surface area contributed by atoms with Crippen LogP contribution < -0.4 is 5.73 Å². The molecule has 1 aliphatic heterocycles. The molecule has 1 aliphatic rings. The number of amides is 1. The molecule has 21 heavy (non-hydrogen) atoms. The highest BCUT2D eigenvalue weighted by Crippen LogP contribution is 2.24. The fourth-order valence-electron chi connectivity index (χ4n) is 2.89. The molecule has 1 amide bonds. The Hall–Kier alpha value is -2.04. The average molecular weight is 287 g/mol. The number of benzene rings is 1. The van der Waals surface area contributed by atoms with Crippen LogP contribution in [0.1, 0.15) is 38.5 Å². The molecule has 0 spiro atoms. The predicted molar refractivity (Wildman–Crippen MR) is 81.5 cm³/mol. The Morgan fingerprint density at radius 2 is 2.29 bits per heavy atom. The fourth-order valence-corrected chi connectivity index (χ4v) is 2.89. The van der Waals surface area contributed by atoms with Crippen LogP contribution in [0.25, 0.3) is 11.1 Å². The van der Waals surface area contributed by atoms with Crippen molar-refractivity contribution in [1.29, 1.82) is 0 Å². The van der Waals surface area contributed by atoms with Crippen molar-refractivity contribution in [2.24, 2.45) is 5.92 Å². The lowest BCUT2D eigenvalue weighted by Crippen LogP contribution is -2.29. The van der Waals surface area contributed by atoms with Crippen molar-refractivity contribution in [1.82, 2.24) is 9.88 Å². The number of likely N-dealkylation sites (tertiary alicyclic amines) is 1. The van der Waals surface area contributed by atoms with Crippen LogP contribution in [0.2, 0.25) is 0 Å². The molecule has 5 heteroatoms. The van der Waals surface area contributed by atoms with Gasteiger partial charge < -0.3 is 15.1 Å². The van der Waals surface area contributed by atoms with Gasteiger partial charge in [-0.25, -0.2) is 4.98 Å². The first-order chi connectivity index (χ1) is 10.2. The van der Waals surface area contributed by atoms with Crippen molar-refractivity contribution >= 4 is 22.7 Å². The van der Waals surface area contributed by atoms with Crippen LogP contribution in [0.5, 0.6) is 0 Å². The van der Waals surface area contributed by atoms with Gasteiger partial charge in [-0.15, -0.1) is 0 Å². The molecule has 1 atom stereocenters. The number of carbonyl (C=O) groups is 1. The molecule has 1 unspecified atom stereocenters. The zero-order valence-corrected chi connectivity index (χ0v) is 12.3. The Kier molecular flexibility index (Phi) is 3.82. The number of nitrogen functional groups attached to an aromatic ring is 1. The Labute approximate surface area is 124 Å². The number of aromatic nitrogens is 1. The molecule has 0 saturated carbocycles. The van der Waals surface area contributed by atoms with Gasteiger partial charge in [0, 0.05) is 24.7 Å². The third-order valence-electron chi connectivity index (χ3n) is 4.29. The van der Waals surface area contributed by atoms with Gasteiger partial charge in [-0.3, -0.25) is 4.79 Å². The van der Waals surface area contributed by atoms with Crippen LogP contribution >= 0.6 is 0 Å². The van der Waals surface area contributed by atoms with Crippen LogP contribution in [0, 0.1) is 5.92 Å². The number of hydrogen-bond acceptors (Lipinski definition) is 4. The smallest absolute Gasteiger partial charge is 0.223 e. The van der Waals surface area contributed by atoms with Crippen LogP contribution in [0.3, 0.4) is 0 Å². The normalized spacial score (nSPS) is 20.0. The summed E-state index contributed by atoms with van der Waals surface area (Å²) in [4.78, 5) is 18.5. The molecule has 2 aromatic rings. The molecule has 1 fully saturated rings. The van der Waals surface area contributed by atoms with Gasteiger partial charge in [-0.2, -0.15) is 0 Å². The van der Waals surface area contributed by atoms with Crippen molar-refractivity contribution in [2.45, 2.75) is 39.2 Å². The SMILES string of the molecule is CCC1CCC(=O)N(Cc2nc3ccc(N)cc3o2)CC1. The number of carbonyl (C=O) groups excluding carboxylic acids is 1. The maximum absolute atomic E-state index is 12.2. The second-order valence-electron chi connectivity index (χ2n) is 5.75. The number of nitrogens with zero attached hydrogens (tertiary/aromatic N) is 2. The van der Waals surface area contributed by atoms with E-state index in [0.29, 0.717) is 36.0 Å². The van der Waals surface area contributed by atoms with Gasteiger partial charge >= 0.3 is 0 Å². The van der Waals surface area contributed by atoms with Gasteiger partial charge in [0.05, 0.1) is 6.54 Å². The summed E-state index contributed by atoms with van der Waals surface area (Å²) in [6.07, 6.45) is 3.83. The molecular weight excluding hydrogens is 266 g/mol. The van der Waals surface area contributed by atoms with Crippen LogP contribution in [0.4, 0.5) is 5.69 Å². The van der Waals surface area contributed by atoms with Gasteiger partial charge in [-0.1, -0.05) is 13.3 Å². The maximum Gasteiger partial charge on any atom is 0.223 e. The van der Waals surface area contributed by atoms with E-state index in [1.54, 1.807) is 12.1 Å². The van der Waals surface area contributed by atoms with Crippen molar-refractivity contribution in [3.05, 3.63) is 24.1 Å². The summed E-state index contributed by atoms with van der Waals surface area (Å²) in [5.74, 6) is 1.44. The molecule has 3 rings (SSSR count). The Bertz CT molecular complexity index is 650. The van der Waals surface area contributed by atoms with Crippen LogP contribution in [-0.4, -0.2) is 22.3 Å². The second-order valence-corrected chi connectivity index (χ2v) is 5.75. The highest BCUT2D eigenvalue weighted by Gasteiger charge is 2.23. The molecule has 2 heterocycles. The molecule has 1 aromatic heterocycles. The first-order valence-corrected chi connectivity index (χ1v) is 7.58. The third-order valence-corrected chi connectivity index (χ3v) is 4.29. The van der Waals surface area contributed by atoms with E-state index in [1.165, 1.54) is 0 Å².